The SMILES string of the molecule is COCCOCc1nc(C2CCCN2C(=O)c2cc(F)ccc2F)no1. The molecule has 1 unspecified atom stereocenters. The van der Waals surface area contributed by atoms with Crippen LogP contribution in [0.4, 0.5) is 8.78 Å². The van der Waals surface area contributed by atoms with E-state index in [1.54, 1.807) is 7.11 Å². The Morgan fingerprint density at radius 3 is 3.04 bits per heavy atom. The highest BCUT2D eigenvalue weighted by Gasteiger charge is 2.35. The maximum Gasteiger partial charge on any atom is 0.257 e. The third kappa shape index (κ3) is 4.05. The molecule has 0 N–H and O–H groups in total. The molecule has 1 fully saturated rings. The van der Waals surface area contributed by atoms with Crippen molar-refractivity contribution in [2.75, 3.05) is 26.9 Å². The highest BCUT2D eigenvalue weighted by Crippen LogP contribution is 2.32. The molecule has 0 radical (unpaired) electrons. The van der Waals surface area contributed by atoms with Crippen molar-refractivity contribution < 1.29 is 27.6 Å². The van der Waals surface area contributed by atoms with E-state index in [1.165, 1.54) is 4.90 Å². The van der Waals surface area contributed by atoms with Crippen LogP contribution in [0.25, 0.3) is 0 Å². The predicted molar refractivity (Wildman–Crippen MR) is 85.2 cm³/mol. The molecule has 1 saturated heterocycles. The number of carbonyl (C=O) groups excluding carboxylic acids is 1. The number of nitrogens with zero attached hydrogens (tertiary/aromatic N) is 3. The maximum atomic E-state index is 13.9. The lowest BCUT2D eigenvalue weighted by Gasteiger charge is -2.22. The van der Waals surface area contributed by atoms with Gasteiger partial charge in [0.05, 0.1) is 24.8 Å². The molecule has 0 aliphatic carbocycles. The number of carbonyl (C=O) groups is 1. The van der Waals surface area contributed by atoms with E-state index in [0.717, 1.165) is 18.2 Å². The van der Waals surface area contributed by atoms with Gasteiger partial charge in [-0.1, -0.05) is 5.16 Å². The molecule has 140 valence electrons. The molecular formula is C17H19F2N3O4. The van der Waals surface area contributed by atoms with Gasteiger partial charge in [0, 0.05) is 13.7 Å². The summed E-state index contributed by atoms with van der Waals surface area (Å²) in [5.41, 5.74) is -0.302. The fourth-order valence-electron chi connectivity index (χ4n) is 2.86. The van der Waals surface area contributed by atoms with Gasteiger partial charge in [-0.2, -0.15) is 4.98 Å². The van der Waals surface area contributed by atoms with Crippen molar-refractivity contribution in [2.45, 2.75) is 25.5 Å². The van der Waals surface area contributed by atoms with Gasteiger partial charge in [-0.25, -0.2) is 8.78 Å². The van der Waals surface area contributed by atoms with Gasteiger partial charge in [0.1, 0.15) is 18.2 Å². The number of hydrogen-bond donors (Lipinski definition) is 0. The monoisotopic (exact) mass is 367 g/mol. The highest BCUT2D eigenvalue weighted by molar-refractivity contribution is 5.94. The summed E-state index contributed by atoms with van der Waals surface area (Å²) in [6.45, 7) is 1.38. The molecule has 0 saturated carbocycles. The number of methoxy groups -OCH3 is 1. The molecule has 1 amide bonds. The molecule has 0 spiro atoms. The summed E-state index contributed by atoms with van der Waals surface area (Å²) in [5.74, 6) is -1.40. The number of benzene rings is 1. The first-order valence-electron chi connectivity index (χ1n) is 8.25. The van der Waals surface area contributed by atoms with Crippen LogP contribution in [-0.4, -0.2) is 47.8 Å². The van der Waals surface area contributed by atoms with Gasteiger partial charge in [0.25, 0.3) is 11.8 Å². The van der Waals surface area contributed by atoms with Gasteiger partial charge in [-0.15, -0.1) is 0 Å². The first-order chi connectivity index (χ1) is 12.6. The van der Waals surface area contributed by atoms with Crippen LogP contribution in [0.2, 0.25) is 0 Å². The van der Waals surface area contributed by atoms with Gasteiger partial charge in [0.2, 0.25) is 0 Å². The van der Waals surface area contributed by atoms with Crippen LogP contribution in [0.5, 0.6) is 0 Å². The number of rotatable bonds is 7. The lowest BCUT2D eigenvalue weighted by molar-refractivity contribution is 0.0494. The molecule has 1 aliphatic rings. The quantitative estimate of drug-likeness (QED) is 0.700. The molecule has 3 rings (SSSR count). The number of likely N-dealkylation sites (tertiary alicyclic amines) is 1. The molecule has 0 bridgehead atoms. The van der Waals surface area contributed by atoms with E-state index in [4.69, 9.17) is 14.0 Å². The van der Waals surface area contributed by atoms with Crippen molar-refractivity contribution in [1.29, 1.82) is 0 Å². The number of aromatic nitrogens is 2. The summed E-state index contributed by atoms with van der Waals surface area (Å²) < 4.78 is 42.6. The molecule has 7 nitrogen and oxygen atoms in total. The minimum Gasteiger partial charge on any atom is -0.382 e. The van der Waals surface area contributed by atoms with Gasteiger partial charge in [0.15, 0.2) is 5.82 Å². The lowest BCUT2D eigenvalue weighted by Crippen LogP contribution is -2.31. The molecule has 1 aromatic heterocycles. The Kier molecular flexibility index (Phi) is 5.89. The van der Waals surface area contributed by atoms with Crippen molar-refractivity contribution in [3.63, 3.8) is 0 Å². The van der Waals surface area contributed by atoms with Crippen LogP contribution in [0.15, 0.2) is 22.7 Å². The Hall–Kier alpha value is -2.39. The summed E-state index contributed by atoms with van der Waals surface area (Å²) >= 11 is 0. The summed E-state index contributed by atoms with van der Waals surface area (Å²) in [6, 6.07) is 2.37. The second-order valence-electron chi connectivity index (χ2n) is 5.87. The second-order valence-corrected chi connectivity index (χ2v) is 5.87. The fraction of sp³-hybridized carbons (Fsp3) is 0.471. The van der Waals surface area contributed by atoms with Gasteiger partial charge in [-0.3, -0.25) is 4.79 Å². The Labute approximate surface area is 148 Å². The summed E-state index contributed by atoms with van der Waals surface area (Å²) in [5, 5.41) is 3.90. The number of halogens is 2. The van der Waals surface area contributed by atoms with E-state index in [2.05, 4.69) is 10.1 Å². The highest BCUT2D eigenvalue weighted by atomic mass is 19.1. The average molecular weight is 367 g/mol. The van der Waals surface area contributed by atoms with Crippen LogP contribution in [0.3, 0.4) is 0 Å². The first-order valence-corrected chi connectivity index (χ1v) is 8.25. The Morgan fingerprint density at radius 1 is 1.38 bits per heavy atom. The number of amides is 1. The van der Waals surface area contributed by atoms with Crippen LogP contribution in [0.1, 0.15) is 41.0 Å². The number of hydrogen-bond acceptors (Lipinski definition) is 6. The third-order valence-electron chi connectivity index (χ3n) is 4.11. The van der Waals surface area contributed by atoms with E-state index in [0.29, 0.717) is 38.4 Å². The van der Waals surface area contributed by atoms with E-state index in [-0.39, 0.29) is 18.1 Å². The number of ether oxygens (including phenoxy) is 2. The zero-order chi connectivity index (χ0) is 18.5. The summed E-state index contributed by atoms with van der Waals surface area (Å²) in [6.07, 6.45) is 1.33. The van der Waals surface area contributed by atoms with E-state index >= 15 is 0 Å². The molecule has 26 heavy (non-hydrogen) atoms. The third-order valence-corrected chi connectivity index (χ3v) is 4.11. The lowest BCUT2D eigenvalue weighted by atomic mass is 10.1. The van der Waals surface area contributed by atoms with Crippen LogP contribution >= 0.6 is 0 Å². The summed E-state index contributed by atoms with van der Waals surface area (Å²) in [4.78, 5) is 18.3. The zero-order valence-corrected chi connectivity index (χ0v) is 14.3. The zero-order valence-electron chi connectivity index (χ0n) is 14.3. The molecule has 9 heteroatoms. The average Bonchev–Trinajstić information content (AvgIpc) is 3.29. The van der Waals surface area contributed by atoms with Crippen LogP contribution < -0.4 is 0 Å². The van der Waals surface area contributed by atoms with Crippen molar-refractivity contribution in [1.82, 2.24) is 15.0 Å². The summed E-state index contributed by atoms with van der Waals surface area (Å²) in [7, 11) is 1.57. The Morgan fingerprint density at radius 2 is 2.23 bits per heavy atom. The van der Waals surface area contributed by atoms with Crippen molar-refractivity contribution in [3.05, 3.63) is 47.1 Å². The van der Waals surface area contributed by atoms with E-state index in [1.807, 2.05) is 0 Å². The minimum absolute atomic E-state index is 0.134. The Bertz CT molecular complexity index is 768. The predicted octanol–water partition coefficient (Wildman–Crippen LogP) is 2.49. The molecular weight excluding hydrogens is 348 g/mol. The standard InChI is InChI=1S/C17H19F2N3O4/c1-24-7-8-25-10-15-20-16(21-26-15)14-3-2-6-22(14)17(23)12-9-11(18)4-5-13(12)19/h4-5,9,14H,2-3,6-8,10H2,1H3. The molecule has 2 aromatic rings. The van der Waals surface area contributed by atoms with Crippen molar-refractivity contribution in [2.24, 2.45) is 0 Å². The van der Waals surface area contributed by atoms with E-state index in [9.17, 15) is 13.6 Å². The second kappa shape index (κ2) is 8.33. The van der Waals surface area contributed by atoms with Gasteiger partial charge in [-0.05, 0) is 31.0 Å². The first kappa shape index (κ1) is 18.4. The van der Waals surface area contributed by atoms with Gasteiger partial charge >= 0.3 is 0 Å². The Balaban J connectivity index is 1.71. The van der Waals surface area contributed by atoms with Crippen molar-refractivity contribution in [3.8, 4) is 0 Å². The normalized spacial score (nSPS) is 17.0. The molecule has 1 aromatic carbocycles. The maximum absolute atomic E-state index is 13.9. The van der Waals surface area contributed by atoms with Gasteiger partial charge < -0.3 is 18.9 Å². The fourth-order valence-corrected chi connectivity index (χ4v) is 2.86. The minimum atomic E-state index is -0.762. The molecule has 1 atom stereocenters. The topological polar surface area (TPSA) is 77.7 Å². The smallest absolute Gasteiger partial charge is 0.257 e. The van der Waals surface area contributed by atoms with Crippen LogP contribution in [0, 0.1) is 11.6 Å². The largest absolute Gasteiger partial charge is 0.382 e. The van der Waals surface area contributed by atoms with Crippen molar-refractivity contribution >= 4 is 5.91 Å². The molecule has 2 heterocycles. The molecule has 1 aliphatic heterocycles. The van der Waals surface area contributed by atoms with Crippen LogP contribution in [-0.2, 0) is 16.1 Å². The van der Waals surface area contributed by atoms with E-state index < -0.39 is 23.6 Å².